The van der Waals surface area contributed by atoms with Gasteiger partial charge in [-0.1, -0.05) is 24.3 Å². The Balaban J connectivity index is 1.77. The second-order valence-electron chi connectivity index (χ2n) is 4.70. The maximum atomic E-state index is 12.0. The molecule has 2 aromatic rings. The number of nitrogens with zero attached hydrogens (tertiary/aromatic N) is 1. The van der Waals surface area contributed by atoms with Crippen LogP contribution in [-0.2, 0) is 6.42 Å². The lowest BCUT2D eigenvalue weighted by atomic mass is 10.1. The van der Waals surface area contributed by atoms with E-state index in [9.17, 15) is 4.79 Å². The van der Waals surface area contributed by atoms with Gasteiger partial charge in [0.05, 0.1) is 6.04 Å². The molecule has 0 radical (unpaired) electrons. The zero-order chi connectivity index (χ0) is 12.5. The van der Waals surface area contributed by atoms with E-state index >= 15 is 0 Å². The lowest BCUT2D eigenvalue weighted by Gasteiger charge is -2.12. The van der Waals surface area contributed by atoms with E-state index in [4.69, 9.17) is 0 Å². The van der Waals surface area contributed by atoms with Crippen LogP contribution in [-0.4, -0.2) is 16.1 Å². The lowest BCUT2D eigenvalue weighted by molar-refractivity contribution is 0.0931. The van der Waals surface area contributed by atoms with Crippen molar-refractivity contribution in [2.75, 3.05) is 0 Å². The summed E-state index contributed by atoms with van der Waals surface area (Å²) in [6.45, 7) is 1.88. The van der Waals surface area contributed by atoms with Crippen LogP contribution in [0, 0.1) is 6.92 Å². The van der Waals surface area contributed by atoms with Crippen LogP contribution < -0.4 is 5.32 Å². The topological polar surface area (TPSA) is 57.8 Å². The van der Waals surface area contributed by atoms with E-state index in [-0.39, 0.29) is 11.9 Å². The summed E-state index contributed by atoms with van der Waals surface area (Å²) in [6, 6.07) is 10.1. The number of carbonyl (C=O) groups is 1. The molecule has 1 aliphatic carbocycles. The van der Waals surface area contributed by atoms with Crippen LogP contribution in [0.25, 0.3) is 0 Å². The summed E-state index contributed by atoms with van der Waals surface area (Å²) in [4.78, 5) is 12.0. The third-order valence-corrected chi connectivity index (χ3v) is 3.38. The molecule has 92 valence electrons. The largest absolute Gasteiger partial charge is 0.344 e. The number of aryl methyl sites for hydroxylation is 2. The number of rotatable bonds is 2. The minimum absolute atomic E-state index is 0.110. The van der Waals surface area contributed by atoms with Crippen molar-refractivity contribution in [3.05, 3.63) is 52.8 Å². The number of carbonyl (C=O) groups excluding carboxylic acids is 1. The minimum atomic E-state index is -0.110. The van der Waals surface area contributed by atoms with E-state index in [1.54, 1.807) is 6.07 Å². The normalized spacial score (nSPS) is 17.5. The Hall–Kier alpha value is -2.10. The van der Waals surface area contributed by atoms with Crippen molar-refractivity contribution in [3.63, 3.8) is 0 Å². The molecule has 1 aromatic carbocycles. The highest BCUT2D eigenvalue weighted by atomic mass is 16.2. The predicted octanol–water partition coefficient (Wildman–Crippen LogP) is 2.14. The molecular formula is C14H15N3O. The Kier molecular flexibility index (Phi) is 2.63. The number of nitrogens with one attached hydrogen (secondary N) is 2. The summed E-state index contributed by atoms with van der Waals surface area (Å²) in [5.41, 5.74) is 3.92. The summed E-state index contributed by atoms with van der Waals surface area (Å²) in [5.74, 6) is -0.110. The third kappa shape index (κ3) is 1.90. The monoisotopic (exact) mass is 241 g/mol. The Morgan fingerprint density at radius 3 is 3.06 bits per heavy atom. The molecule has 1 atom stereocenters. The number of hydrogen-bond donors (Lipinski definition) is 2. The first kappa shape index (κ1) is 11.0. The van der Waals surface area contributed by atoms with Crippen molar-refractivity contribution in [2.24, 2.45) is 0 Å². The molecule has 1 amide bonds. The van der Waals surface area contributed by atoms with Crippen molar-refractivity contribution in [2.45, 2.75) is 25.8 Å². The fraction of sp³-hybridized carbons (Fsp3) is 0.286. The Morgan fingerprint density at radius 2 is 2.28 bits per heavy atom. The van der Waals surface area contributed by atoms with Gasteiger partial charge in [-0.15, -0.1) is 0 Å². The van der Waals surface area contributed by atoms with Crippen LogP contribution in [0.4, 0.5) is 0 Å². The predicted molar refractivity (Wildman–Crippen MR) is 68.3 cm³/mol. The molecule has 0 aliphatic heterocycles. The van der Waals surface area contributed by atoms with Crippen molar-refractivity contribution >= 4 is 5.91 Å². The number of H-pyrrole nitrogens is 1. The second kappa shape index (κ2) is 4.29. The summed E-state index contributed by atoms with van der Waals surface area (Å²) in [6.07, 6.45) is 2.00. The lowest BCUT2D eigenvalue weighted by Crippen LogP contribution is -2.27. The molecule has 2 N–H and O–H groups in total. The maximum absolute atomic E-state index is 12.0. The van der Waals surface area contributed by atoms with Gasteiger partial charge >= 0.3 is 0 Å². The number of hydrogen-bond acceptors (Lipinski definition) is 2. The first-order valence-electron chi connectivity index (χ1n) is 6.15. The zero-order valence-corrected chi connectivity index (χ0v) is 10.2. The Morgan fingerprint density at radius 1 is 1.44 bits per heavy atom. The minimum Gasteiger partial charge on any atom is -0.344 e. The van der Waals surface area contributed by atoms with Gasteiger partial charge in [0.15, 0.2) is 0 Å². The van der Waals surface area contributed by atoms with Gasteiger partial charge in [0.2, 0.25) is 0 Å². The van der Waals surface area contributed by atoms with Gasteiger partial charge in [0, 0.05) is 5.69 Å². The Labute approximate surface area is 105 Å². The Bertz CT molecular complexity index is 588. The second-order valence-corrected chi connectivity index (χ2v) is 4.70. The smallest absolute Gasteiger partial charge is 0.272 e. The third-order valence-electron chi connectivity index (χ3n) is 3.38. The molecule has 0 fully saturated rings. The van der Waals surface area contributed by atoms with Gasteiger partial charge in [-0.25, -0.2) is 0 Å². The molecule has 1 aliphatic rings. The average molecular weight is 241 g/mol. The van der Waals surface area contributed by atoms with Crippen LogP contribution in [0.15, 0.2) is 30.3 Å². The number of aromatic nitrogens is 2. The summed E-state index contributed by atoms with van der Waals surface area (Å²) in [7, 11) is 0. The van der Waals surface area contributed by atoms with E-state index in [0.29, 0.717) is 5.69 Å². The van der Waals surface area contributed by atoms with Crippen molar-refractivity contribution in [1.82, 2.24) is 15.5 Å². The standard InChI is InChI=1S/C14H15N3O/c1-9-8-13(17-16-9)14(18)15-12-7-6-10-4-2-3-5-11(10)12/h2-5,8,12H,6-7H2,1H3,(H,15,18)(H,16,17)/t12-/m1/s1. The molecule has 1 aromatic heterocycles. The SMILES string of the molecule is Cc1cc(C(=O)N[C@@H]2CCc3ccccc32)n[nH]1. The summed E-state index contributed by atoms with van der Waals surface area (Å²) in [5, 5.41) is 9.80. The first-order valence-corrected chi connectivity index (χ1v) is 6.15. The van der Waals surface area contributed by atoms with Gasteiger partial charge in [-0.3, -0.25) is 9.89 Å². The highest BCUT2D eigenvalue weighted by molar-refractivity contribution is 5.92. The quantitative estimate of drug-likeness (QED) is 0.846. The molecule has 4 nitrogen and oxygen atoms in total. The van der Waals surface area contributed by atoms with Crippen molar-refractivity contribution < 1.29 is 4.79 Å². The molecule has 1 heterocycles. The molecule has 0 bridgehead atoms. The van der Waals surface area contributed by atoms with Crippen molar-refractivity contribution in [1.29, 1.82) is 0 Å². The number of benzene rings is 1. The average Bonchev–Trinajstić information content (AvgIpc) is 2.97. The van der Waals surface area contributed by atoms with Crippen LogP contribution >= 0.6 is 0 Å². The maximum Gasteiger partial charge on any atom is 0.272 e. The summed E-state index contributed by atoms with van der Waals surface area (Å²) < 4.78 is 0. The summed E-state index contributed by atoms with van der Waals surface area (Å²) >= 11 is 0. The van der Waals surface area contributed by atoms with Crippen LogP contribution in [0.5, 0.6) is 0 Å². The number of fused-ring (bicyclic) bond motifs is 1. The van der Waals surface area contributed by atoms with E-state index < -0.39 is 0 Å². The van der Waals surface area contributed by atoms with Crippen LogP contribution in [0.3, 0.4) is 0 Å². The molecule has 0 saturated carbocycles. The number of amides is 1. The molecule has 3 rings (SSSR count). The van der Waals surface area contributed by atoms with E-state index in [2.05, 4.69) is 27.6 Å². The van der Waals surface area contributed by atoms with Gasteiger partial charge in [-0.05, 0) is 37.0 Å². The van der Waals surface area contributed by atoms with Gasteiger partial charge in [0.25, 0.3) is 5.91 Å². The van der Waals surface area contributed by atoms with Crippen LogP contribution in [0.1, 0.15) is 39.8 Å². The van der Waals surface area contributed by atoms with Crippen LogP contribution in [0.2, 0.25) is 0 Å². The van der Waals surface area contributed by atoms with E-state index in [0.717, 1.165) is 18.5 Å². The molecule has 0 saturated heterocycles. The first-order chi connectivity index (χ1) is 8.74. The fourth-order valence-electron chi connectivity index (χ4n) is 2.47. The van der Waals surface area contributed by atoms with Gasteiger partial charge < -0.3 is 5.32 Å². The zero-order valence-electron chi connectivity index (χ0n) is 10.2. The molecule has 0 spiro atoms. The molecule has 0 unspecified atom stereocenters. The van der Waals surface area contributed by atoms with E-state index in [1.807, 2.05) is 19.1 Å². The molecule has 18 heavy (non-hydrogen) atoms. The van der Waals surface area contributed by atoms with Gasteiger partial charge in [-0.2, -0.15) is 5.10 Å². The highest BCUT2D eigenvalue weighted by Crippen LogP contribution is 2.30. The van der Waals surface area contributed by atoms with Crippen molar-refractivity contribution in [3.8, 4) is 0 Å². The molecular weight excluding hydrogens is 226 g/mol. The van der Waals surface area contributed by atoms with E-state index in [1.165, 1.54) is 11.1 Å². The highest BCUT2D eigenvalue weighted by Gasteiger charge is 2.24. The van der Waals surface area contributed by atoms with Gasteiger partial charge in [0.1, 0.15) is 5.69 Å². The molecule has 4 heteroatoms. The fourth-order valence-corrected chi connectivity index (χ4v) is 2.47. The number of aromatic amines is 1.